The van der Waals surface area contributed by atoms with E-state index in [4.69, 9.17) is 4.98 Å². The maximum absolute atomic E-state index is 13.9. The summed E-state index contributed by atoms with van der Waals surface area (Å²) in [6.45, 7) is 2.56. The van der Waals surface area contributed by atoms with Crippen molar-refractivity contribution in [2.45, 2.75) is 19.4 Å². The molecule has 0 aliphatic carbocycles. The van der Waals surface area contributed by atoms with E-state index in [2.05, 4.69) is 25.9 Å². The van der Waals surface area contributed by atoms with Gasteiger partial charge in [0.05, 0.1) is 29.3 Å². The first kappa shape index (κ1) is 19.0. The van der Waals surface area contributed by atoms with E-state index < -0.39 is 5.82 Å². The molecule has 0 saturated carbocycles. The Bertz CT molecular complexity index is 1320. The summed E-state index contributed by atoms with van der Waals surface area (Å²) >= 11 is 0. The molecule has 5 rings (SSSR count). The minimum absolute atomic E-state index is 0.233. The third kappa shape index (κ3) is 3.33. The molecule has 2 aromatic heterocycles. The van der Waals surface area contributed by atoms with Crippen LogP contribution in [-0.2, 0) is 0 Å². The highest BCUT2D eigenvalue weighted by atomic mass is 19.1. The van der Waals surface area contributed by atoms with Crippen LogP contribution in [0.1, 0.15) is 25.2 Å². The van der Waals surface area contributed by atoms with Crippen molar-refractivity contribution >= 4 is 28.2 Å². The Kier molecular flexibility index (Phi) is 4.70. The van der Waals surface area contributed by atoms with Gasteiger partial charge in [0.25, 0.3) is 5.56 Å². The van der Waals surface area contributed by atoms with Gasteiger partial charge in [-0.3, -0.25) is 9.36 Å². The van der Waals surface area contributed by atoms with Gasteiger partial charge in [-0.05, 0) is 36.8 Å². The topological polar surface area (TPSA) is 96.8 Å². The zero-order chi connectivity index (χ0) is 21.4. The molecule has 0 bridgehead atoms. The first-order valence-electron chi connectivity index (χ1n) is 10.0. The Morgan fingerprint density at radius 2 is 2.00 bits per heavy atom. The lowest BCUT2D eigenvalue weighted by Crippen LogP contribution is -2.28. The van der Waals surface area contributed by atoms with Crippen LogP contribution in [0.15, 0.2) is 59.7 Å². The predicted molar refractivity (Wildman–Crippen MR) is 118 cm³/mol. The molecular weight excluding hydrogens is 397 g/mol. The Balaban J connectivity index is 1.70. The number of para-hydroxylation sites is 1. The fourth-order valence-electron chi connectivity index (χ4n) is 3.76. The van der Waals surface area contributed by atoms with Crippen LogP contribution in [0.3, 0.4) is 0 Å². The fourth-order valence-corrected chi connectivity index (χ4v) is 3.76. The van der Waals surface area contributed by atoms with Crippen molar-refractivity contribution in [2.75, 3.05) is 22.6 Å². The smallest absolute Gasteiger partial charge is 0.266 e. The number of benzene rings is 2. The van der Waals surface area contributed by atoms with Gasteiger partial charge in [-0.2, -0.15) is 0 Å². The molecule has 0 radical (unpaired) electrons. The summed E-state index contributed by atoms with van der Waals surface area (Å²) in [7, 11) is 0. The number of halogens is 1. The molecule has 1 atom stereocenters. The van der Waals surface area contributed by atoms with E-state index in [9.17, 15) is 9.18 Å². The van der Waals surface area contributed by atoms with Crippen LogP contribution in [0, 0.1) is 5.82 Å². The number of rotatable bonds is 5. The second-order valence-corrected chi connectivity index (χ2v) is 7.19. The number of hydrogen-bond donors (Lipinski definition) is 3. The number of nitrogens with zero attached hydrogens (tertiary/aromatic N) is 4. The van der Waals surface area contributed by atoms with E-state index in [-0.39, 0.29) is 17.0 Å². The Hall–Kier alpha value is -4.01. The van der Waals surface area contributed by atoms with E-state index >= 15 is 0 Å². The molecule has 9 heteroatoms. The van der Waals surface area contributed by atoms with E-state index in [1.807, 2.05) is 37.3 Å². The van der Waals surface area contributed by atoms with Gasteiger partial charge in [-0.25, -0.2) is 19.3 Å². The average molecular weight is 417 g/mol. The Labute approximate surface area is 177 Å². The quantitative estimate of drug-likeness (QED) is 0.456. The van der Waals surface area contributed by atoms with Crippen LogP contribution in [0.2, 0.25) is 0 Å². The van der Waals surface area contributed by atoms with Crippen LogP contribution in [0.25, 0.3) is 16.6 Å². The minimum atomic E-state index is -0.473. The van der Waals surface area contributed by atoms with Crippen LogP contribution < -0.4 is 21.5 Å². The number of fused-ring (bicyclic) bond motifs is 2. The van der Waals surface area contributed by atoms with Crippen LogP contribution in [-0.4, -0.2) is 26.2 Å². The third-order valence-electron chi connectivity index (χ3n) is 5.27. The first-order valence-corrected chi connectivity index (χ1v) is 10.0. The van der Waals surface area contributed by atoms with E-state index in [0.29, 0.717) is 35.9 Å². The van der Waals surface area contributed by atoms with Crippen LogP contribution >= 0.6 is 0 Å². The highest BCUT2D eigenvalue weighted by molar-refractivity contribution is 5.81. The fraction of sp³-hybridized carbons (Fsp3) is 0.182. The number of aromatic nitrogens is 4. The van der Waals surface area contributed by atoms with Gasteiger partial charge in [0.2, 0.25) is 0 Å². The van der Waals surface area contributed by atoms with Gasteiger partial charge in [0.1, 0.15) is 23.7 Å². The van der Waals surface area contributed by atoms with Crippen molar-refractivity contribution in [3.8, 4) is 5.69 Å². The number of nitrogens with one attached hydrogen (secondary N) is 3. The van der Waals surface area contributed by atoms with Gasteiger partial charge in [0, 0.05) is 0 Å². The Morgan fingerprint density at radius 1 is 1.16 bits per heavy atom. The molecule has 0 fully saturated rings. The normalized spacial score (nSPS) is 13.4. The zero-order valence-corrected chi connectivity index (χ0v) is 16.8. The largest absolute Gasteiger partial charge is 0.362 e. The second kappa shape index (κ2) is 7.67. The molecule has 1 aliphatic heterocycles. The summed E-state index contributed by atoms with van der Waals surface area (Å²) < 4.78 is 15.4. The number of anilines is 3. The molecule has 156 valence electrons. The van der Waals surface area contributed by atoms with Crippen molar-refractivity contribution in [3.05, 3.63) is 76.9 Å². The first-order chi connectivity index (χ1) is 15.2. The summed E-state index contributed by atoms with van der Waals surface area (Å²) in [5.41, 5.74) is 1.56. The van der Waals surface area contributed by atoms with Gasteiger partial charge in [-0.1, -0.05) is 25.1 Å². The molecule has 0 spiro atoms. The monoisotopic (exact) mass is 417 g/mol. The number of hydrogen-bond acceptors (Lipinski definition) is 7. The van der Waals surface area contributed by atoms with Crippen molar-refractivity contribution in [1.29, 1.82) is 0 Å². The molecule has 1 aliphatic rings. The molecule has 3 N–H and O–H groups in total. The summed E-state index contributed by atoms with van der Waals surface area (Å²) in [6, 6.07) is 13.0. The highest BCUT2D eigenvalue weighted by Crippen LogP contribution is 2.33. The van der Waals surface area contributed by atoms with Crippen molar-refractivity contribution in [1.82, 2.24) is 19.5 Å². The molecule has 0 amide bonds. The lowest BCUT2D eigenvalue weighted by molar-refractivity contribution is 0.628. The maximum Gasteiger partial charge on any atom is 0.266 e. The lowest BCUT2D eigenvalue weighted by Gasteiger charge is -2.22. The molecule has 8 nitrogen and oxygen atoms in total. The van der Waals surface area contributed by atoms with Crippen molar-refractivity contribution in [2.24, 2.45) is 0 Å². The summed E-state index contributed by atoms with van der Waals surface area (Å²) in [5.74, 6) is 1.39. The SMILES string of the molecule is CCC(Nc1ncnc2c1NCN2)c1nc2ccc(F)cc2c(=O)n1-c1ccccc1. The second-order valence-electron chi connectivity index (χ2n) is 7.19. The van der Waals surface area contributed by atoms with Gasteiger partial charge >= 0.3 is 0 Å². The maximum atomic E-state index is 13.9. The molecule has 3 heterocycles. The van der Waals surface area contributed by atoms with E-state index in [1.54, 1.807) is 0 Å². The summed E-state index contributed by atoms with van der Waals surface area (Å²) in [6.07, 6.45) is 2.12. The molecule has 1 unspecified atom stereocenters. The van der Waals surface area contributed by atoms with Crippen molar-refractivity contribution in [3.63, 3.8) is 0 Å². The molecule has 2 aromatic carbocycles. The van der Waals surface area contributed by atoms with Crippen molar-refractivity contribution < 1.29 is 4.39 Å². The molecule has 0 saturated heterocycles. The predicted octanol–water partition coefficient (Wildman–Crippen LogP) is 3.67. The average Bonchev–Trinajstić information content (AvgIpc) is 3.28. The van der Waals surface area contributed by atoms with E-state index in [0.717, 1.165) is 11.5 Å². The molecule has 31 heavy (non-hydrogen) atoms. The summed E-state index contributed by atoms with van der Waals surface area (Å²) in [5, 5.41) is 9.99. The third-order valence-corrected chi connectivity index (χ3v) is 5.27. The summed E-state index contributed by atoms with van der Waals surface area (Å²) in [4.78, 5) is 26.8. The zero-order valence-electron chi connectivity index (χ0n) is 16.8. The van der Waals surface area contributed by atoms with Gasteiger partial charge < -0.3 is 16.0 Å². The minimum Gasteiger partial charge on any atom is -0.362 e. The van der Waals surface area contributed by atoms with Crippen LogP contribution in [0.4, 0.5) is 21.7 Å². The molecule has 4 aromatic rings. The van der Waals surface area contributed by atoms with Crippen LogP contribution in [0.5, 0.6) is 0 Å². The highest BCUT2D eigenvalue weighted by Gasteiger charge is 2.23. The lowest BCUT2D eigenvalue weighted by atomic mass is 10.1. The van der Waals surface area contributed by atoms with Gasteiger partial charge in [-0.15, -0.1) is 0 Å². The molecular formula is C22H20FN7O. The van der Waals surface area contributed by atoms with Gasteiger partial charge in [0.15, 0.2) is 11.6 Å². The van der Waals surface area contributed by atoms with E-state index in [1.165, 1.54) is 29.1 Å². The Morgan fingerprint density at radius 3 is 2.81 bits per heavy atom. The standard InChI is InChI=1S/C22H20FN7O/c1-2-16(28-20-18-19(25-11-24-18)26-12-27-20)21-29-17-9-8-13(23)10-15(17)22(31)30(21)14-6-4-3-5-7-14/h3-10,12,16,24H,2,11H2,1H3,(H2,25,26,27,28).